The lowest BCUT2D eigenvalue weighted by Crippen LogP contribution is -2.27. The molecule has 258 valence electrons. The molecule has 0 bridgehead atoms. The molecule has 48 heavy (non-hydrogen) atoms. The summed E-state index contributed by atoms with van der Waals surface area (Å²) >= 11 is 0. The lowest BCUT2D eigenvalue weighted by Gasteiger charge is -2.23. The molecule has 1 atom stereocenters. The molecule has 1 unspecified atom stereocenters. The minimum atomic E-state index is -0.599. The molecule has 10 nitrogen and oxygen atoms in total. The van der Waals surface area contributed by atoms with Gasteiger partial charge in [0, 0.05) is 31.5 Å². The lowest BCUT2D eigenvalue weighted by atomic mass is 10.1. The molecule has 10 heteroatoms. The quantitative estimate of drug-likeness (QED) is 0.0487. The number of anilines is 1. The number of aryl methyl sites for hydroxylation is 1. The number of likely N-dealkylation sites (N-methyl/N-ethyl adjacent to an activating group) is 1. The van der Waals surface area contributed by atoms with Gasteiger partial charge in [0.15, 0.2) is 0 Å². The van der Waals surface area contributed by atoms with Crippen molar-refractivity contribution in [2.45, 2.75) is 98.7 Å². The molecule has 3 aromatic carbocycles. The summed E-state index contributed by atoms with van der Waals surface area (Å²) in [5.74, 6) is 0.197. The van der Waals surface area contributed by atoms with Crippen molar-refractivity contribution >= 4 is 40.4 Å². The maximum atomic E-state index is 12.1. The van der Waals surface area contributed by atoms with Gasteiger partial charge >= 0.3 is 11.9 Å². The highest BCUT2D eigenvalue weighted by molar-refractivity contribution is 5.69. The molecule has 0 aliphatic rings. The van der Waals surface area contributed by atoms with Gasteiger partial charge in [-0.3, -0.25) is 9.59 Å². The summed E-state index contributed by atoms with van der Waals surface area (Å²) in [7, 11) is 0. The molecule has 0 heterocycles. The van der Waals surface area contributed by atoms with Crippen molar-refractivity contribution in [2.24, 2.45) is 20.5 Å². The van der Waals surface area contributed by atoms with Crippen molar-refractivity contribution in [3.8, 4) is 5.75 Å². The van der Waals surface area contributed by atoms with E-state index in [2.05, 4.69) is 45.3 Å². The molecule has 0 aliphatic heterocycles. The number of carbonyl (C=O) groups is 2. The summed E-state index contributed by atoms with van der Waals surface area (Å²) in [6.45, 7) is 11.8. The Hall–Kier alpha value is -4.60. The highest BCUT2D eigenvalue weighted by Crippen LogP contribution is 2.28. The van der Waals surface area contributed by atoms with E-state index in [1.807, 2.05) is 74.5 Å². The first-order chi connectivity index (χ1) is 23.3. The van der Waals surface area contributed by atoms with Crippen LogP contribution in [0.15, 0.2) is 87.2 Å². The van der Waals surface area contributed by atoms with Gasteiger partial charge in [-0.1, -0.05) is 46.5 Å². The van der Waals surface area contributed by atoms with E-state index in [9.17, 15) is 9.59 Å². The maximum absolute atomic E-state index is 12.1. The topological polar surface area (TPSA) is 115 Å². The average molecular weight is 658 g/mol. The third-order valence-corrected chi connectivity index (χ3v) is 7.61. The van der Waals surface area contributed by atoms with E-state index in [0.29, 0.717) is 55.2 Å². The van der Waals surface area contributed by atoms with Crippen LogP contribution in [0.5, 0.6) is 5.75 Å². The van der Waals surface area contributed by atoms with Gasteiger partial charge in [-0.15, -0.1) is 0 Å². The standard InChI is InChI=1S/C38H51N5O5/c1-6-10-11-12-13-15-38(48-37(45)14-7-2)47-34-23-20-32(21-24-34)40-39-30-16-18-31(19-17-30)41-42-35-25-22-33(28-29(35)5)43(9-4)26-27-46-36(44)8-3/h16-25,28,38H,6-15,26-27H2,1-5H3. The second kappa shape index (κ2) is 21.3. The summed E-state index contributed by atoms with van der Waals surface area (Å²) in [5, 5.41) is 17.5. The number of azo groups is 2. The summed E-state index contributed by atoms with van der Waals surface area (Å²) in [5.41, 5.74) is 4.88. The second-order valence-electron chi connectivity index (χ2n) is 11.5. The molecule has 0 radical (unpaired) electrons. The monoisotopic (exact) mass is 657 g/mol. The van der Waals surface area contributed by atoms with E-state index in [1.165, 1.54) is 19.3 Å². The molecule has 0 amide bonds. The van der Waals surface area contributed by atoms with Gasteiger partial charge in [0.1, 0.15) is 12.4 Å². The number of ether oxygens (including phenoxy) is 3. The molecular formula is C38H51N5O5. The van der Waals surface area contributed by atoms with Crippen molar-refractivity contribution in [3.63, 3.8) is 0 Å². The molecule has 0 aliphatic carbocycles. The number of unbranched alkanes of at least 4 members (excludes halogenated alkanes) is 4. The van der Waals surface area contributed by atoms with Crippen molar-refractivity contribution in [1.29, 1.82) is 0 Å². The van der Waals surface area contributed by atoms with E-state index >= 15 is 0 Å². The van der Waals surface area contributed by atoms with Crippen LogP contribution in [0.3, 0.4) is 0 Å². The lowest BCUT2D eigenvalue weighted by molar-refractivity contribution is -0.164. The zero-order chi connectivity index (χ0) is 34.6. The maximum Gasteiger partial charge on any atom is 0.308 e. The fraction of sp³-hybridized carbons (Fsp3) is 0.474. The number of benzene rings is 3. The molecule has 0 N–H and O–H groups in total. The number of carbonyl (C=O) groups excluding carboxylic acids is 2. The molecule has 0 aromatic heterocycles. The van der Waals surface area contributed by atoms with E-state index in [0.717, 1.165) is 42.7 Å². The normalized spacial score (nSPS) is 11.9. The van der Waals surface area contributed by atoms with Gasteiger partial charge in [0.2, 0.25) is 6.29 Å². The molecule has 0 saturated heterocycles. The van der Waals surface area contributed by atoms with Gasteiger partial charge in [-0.25, -0.2) is 0 Å². The van der Waals surface area contributed by atoms with E-state index in [4.69, 9.17) is 14.2 Å². The van der Waals surface area contributed by atoms with Crippen LogP contribution in [0.2, 0.25) is 0 Å². The van der Waals surface area contributed by atoms with Crippen LogP contribution in [-0.4, -0.2) is 37.9 Å². The van der Waals surface area contributed by atoms with Gasteiger partial charge in [0.25, 0.3) is 0 Å². The minimum Gasteiger partial charge on any atom is -0.464 e. The van der Waals surface area contributed by atoms with Crippen LogP contribution in [0, 0.1) is 6.92 Å². The fourth-order valence-corrected chi connectivity index (χ4v) is 4.81. The van der Waals surface area contributed by atoms with E-state index < -0.39 is 6.29 Å². The van der Waals surface area contributed by atoms with Crippen molar-refractivity contribution in [1.82, 2.24) is 0 Å². The first-order valence-electron chi connectivity index (χ1n) is 17.3. The largest absolute Gasteiger partial charge is 0.464 e. The molecule has 0 fully saturated rings. The van der Waals surface area contributed by atoms with Crippen molar-refractivity contribution < 1.29 is 23.8 Å². The Kier molecular flexibility index (Phi) is 16.8. The zero-order valence-electron chi connectivity index (χ0n) is 29.2. The van der Waals surface area contributed by atoms with Crippen LogP contribution in [-0.2, 0) is 19.1 Å². The Morgan fingerprint density at radius 3 is 1.94 bits per heavy atom. The number of hydrogen-bond acceptors (Lipinski definition) is 10. The van der Waals surface area contributed by atoms with Crippen LogP contribution in [0.1, 0.15) is 91.0 Å². The predicted octanol–water partition coefficient (Wildman–Crippen LogP) is 11.0. The first-order valence-corrected chi connectivity index (χ1v) is 17.3. The zero-order valence-corrected chi connectivity index (χ0v) is 29.2. The molecule has 3 rings (SSSR count). The highest BCUT2D eigenvalue weighted by Gasteiger charge is 2.16. The first kappa shape index (κ1) is 37.9. The predicted molar refractivity (Wildman–Crippen MR) is 190 cm³/mol. The number of hydrogen-bond donors (Lipinski definition) is 0. The smallest absolute Gasteiger partial charge is 0.308 e. The molecule has 0 spiro atoms. The van der Waals surface area contributed by atoms with Crippen LogP contribution >= 0.6 is 0 Å². The van der Waals surface area contributed by atoms with Crippen molar-refractivity contribution in [2.75, 3.05) is 24.6 Å². The minimum absolute atomic E-state index is 0.188. The van der Waals surface area contributed by atoms with Crippen LogP contribution in [0.25, 0.3) is 0 Å². The summed E-state index contributed by atoms with van der Waals surface area (Å²) < 4.78 is 16.9. The summed E-state index contributed by atoms with van der Waals surface area (Å²) in [6.07, 6.45) is 7.18. The van der Waals surface area contributed by atoms with Gasteiger partial charge in [-0.2, -0.15) is 20.5 Å². The van der Waals surface area contributed by atoms with Crippen LogP contribution < -0.4 is 9.64 Å². The number of nitrogens with zero attached hydrogens (tertiary/aromatic N) is 5. The van der Waals surface area contributed by atoms with Gasteiger partial charge in [-0.05, 0) is 99.0 Å². The Morgan fingerprint density at radius 1 is 0.729 bits per heavy atom. The average Bonchev–Trinajstić information content (AvgIpc) is 3.09. The highest BCUT2D eigenvalue weighted by atomic mass is 16.7. The Labute approximate surface area is 285 Å². The van der Waals surface area contributed by atoms with Gasteiger partial charge < -0.3 is 19.1 Å². The van der Waals surface area contributed by atoms with Gasteiger partial charge in [0.05, 0.1) is 29.3 Å². The fourth-order valence-electron chi connectivity index (χ4n) is 4.81. The summed E-state index contributed by atoms with van der Waals surface area (Å²) in [4.78, 5) is 25.7. The Balaban J connectivity index is 1.54. The Bertz CT molecular complexity index is 1460. The number of rotatable bonds is 21. The third kappa shape index (κ3) is 13.6. The molecule has 3 aromatic rings. The van der Waals surface area contributed by atoms with E-state index in [-0.39, 0.29) is 11.9 Å². The van der Waals surface area contributed by atoms with Crippen molar-refractivity contribution in [3.05, 3.63) is 72.3 Å². The van der Waals surface area contributed by atoms with Crippen LogP contribution in [0.4, 0.5) is 28.4 Å². The molecular weight excluding hydrogens is 606 g/mol. The molecule has 0 saturated carbocycles. The number of esters is 2. The summed E-state index contributed by atoms with van der Waals surface area (Å²) in [6, 6.07) is 20.7. The second-order valence-corrected chi connectivity index (χ2v) is 11.5. The SMILES string of the molecule is CCCCCCCC(OC(=O)CCC)Oc1ccc(N=Nc2ccc(N=Nc3ccc(N(CC)CCOC(=O)CC)cc3C)cc2)cc1. The Morgan fingerprint density at radius 2 is 1.35 bits per heavy atom. The van der Waals surface area contributed by atoms with E-state index in [1.54, 1.807) is 6.92 Å². The third-order valence-electron chi connectivity index (χ3n) is 7.61.